The first-order chi connectivity index (χ1) is 5.92. The third-order valence-electron chi connectivity index (χ3n) is 3.44. The Morgan fingerprint density at radius 3 is 1.92 bits per heavy atom. The molecule has 0 radical (unpaired) electrons. The molecular formula is C11H20O2. The van der Waals surface area contributed by atoms with E-state index in [-0.39, 0.29) is 5.78 Å². The molecule has 0 bridgehead atoms. The highest BCUT2D eigenvalue weighted by Gasteiger charge is 2.41. The molecule has 13 heavy (non-hydrogen) atoms. The largest absolute Gasteiger partial charge is 0.370 e. The topological polar surface area (TPSA) is 26.3 Å². The van der Waals surface area contributed by atoms with Crippen LogP contribution in [0.5, 0.6) is 0 Å². The van der Waals surface area contributed by atoms with Crippen LogP contribution >= 0.6 is 0 Å². The highest BCUT2D eigenvalue weighted by atomic mass is 16.5. The Morgan fingerprint density at radius 2 is 1.62 bits per heavy atom. The molecule has 1 fully saturated rings. The number of methoxy groups -OCH3 is 1. The van der Waals surface area contributed by atoms with Gasteiger partial charge in [-0.2, -0.15) is 0 Å². The zero-order chi connectivity index (χ0) is 10.1. The molecular weight excluding hydrogens is 164 g/mol. The first-order valence-electron chi connectivity index (χ1n) is 4.98. The summed E-state index contributed by atoms with van der Waals surface area (Å²) in [5.74, 6) is 0.186. The number of carbonyl (C=O) groups is 1. The Labute approximate surface area is 80.7 Å². The molecule has 0 atom stereocenters. The summed E-state index contributed by atoms with van der Waals surface area (Å²) in [5.41, 5.74) is -0.0764. The van der Waals surface area contributed by atoms with Gasteiger partial charge in [-0.1, -0.05) is 13.8 Å². The molecule has 2 nitrogen and oxygen atoms in total. The Bertz CT molecular complexity index is 196. The molecule has 1 aliphatic carbocycles. The molecule has 0 aromatic carbocycles. The first-order valence-corrected chi connectivity index (χ1v) is 4.98. The molecule has 1 rings (SSSR count). The maximum absolute atomic E-state index is 11.4. The van der Waals surface area contributed by atoms with Crippen molar-refractivity contribution in [1.29, 1.82) is 0 Å². The number of Topliss-reactive ketones (excluding diaryl/α,β-unsaturated/α-hetero) is 1. The van der Waals surface area contributed by atoms with Crippen LogP contribution in [0.15, 0.2) is 0 Å². The summed E-state index contributed by atoms with van der Waals surface area (Å²) in [6.45, 7) is 6.15. The van der Waals surface area contributed by atoms with Crippen molar-refractivity contribution in [2.24, 2.45) is 5.41 Å². The van der Waals surface area contributed by atoms with Crippen molar-refractivity contribution in [3.8, 4) is 0 Å². The molecule has 0 unspecified atom stereocenters. The first kappa shape index (κ1) is 10.7. The summed E-state index contributed by atoms with van der Waals surface area (Å²) in [5, 5.41) is 0. The van der Waals surface area contributed by atoms with E-state index in [4.69, 9.17) is 4.74 Å². The molecule has 0 N–H and O–H groups in total. The van der Waals surface area contributed by atoms with Crippen LogP contribution in [0.25, 0.3) is 0 Å². The third kappa shape index (κ3) is 2.11. The average Bonchev–Trinajstić information content (AvgIpc) is 2.05. The van der Waals surface area contributed by atoms with E-state index in [0.717, 1.165) is 25.7 Å². The zero-order valence-electron chi connectivity index (χ0n) is 9.14. The predicted molar refractivity (Wildman–Crippen MR) is 52.7 cm³/mol. The van der Waals surface area contributed by atoms with Crippen molar-refractivity contribution in [2.45, 2.75) is 52.1 Å². The summed E-state index contributed by atoms with van der Waals surface area (Å²) in [4.78, 5) is 11.4. The normalized spacial score (nSPS) is 25.5. The van der Waals surface area contributed by atoms with E-state index >= 15 is 0 Å². The van der Waals surface area contributed by atoms with Crippen molar-refractivity contribution >= 4 is 5.78 Å². The lowest BCUT2D eigenvalue weighted by Crippen LogP contribution is -2.44. The lowest BCUT2D eigenvalue weighted by Gasteiger charge is -2.41. The summed E-state index contributed by atoms with van der Waals surface area (Å²) >= 11 is 0. The standard InChI is InChI=1S/C11H20O2/c1-9(12)11(13-4)7-5-10(2,3)6-8-11/h5-8H2,1-4H3. The monoisotopic (exact) mass is 184 g/mol. The Morgan fingerprint density at radius 1 is 1.15 bits per heavy atom. The van der Waals surface area contributed by atoms with Crippen LogP contribution in [-0.2, 0) is 9.53 Å². The summed E-state index contributed by atoms with van der Waals surface area (Å²) in [7, 11) is 1.65. The van der Waals surface area contributed by atoms with Gasteiger partial charge in [0.15, 0.2) is 5.78 Å². The number of hydrogen-bond donors (Lipinski definition) is 0. The van der Waals surface area contributed by atoms with Gasteiger partial charge in [-0.05, 0) is 38.0 Å². The summed E-state index contributed by atoms with van der Waals surface area (Å²) < 4.78 is 5.38. The van der Waals surface area contributed by atoms with Gasteiger partial charge in [0.25, 0.3) is 0 Å². The molecule has 0 aromatic rings. The molecule has 1 saturated carbocycles. The maximum atomic E-state index is 11.4. The van der Waals surface area contributed by atoms with Gasteiger partial charge in [0, 0.05) is 7.11 Å². The van der Waals surface area contributed by atoms with Crippen molar-refractivity contribution in [1.82, 2.24) is 0 Å². The zero-order valence-corrected chi connectivity index (χ0v) is 9.14. The number of ether oxygens (including phenoxy) is 1. The number of ketones is 1. The van der Waals surface area contributed by atoms with Crippen LogP contribution in [0.2, 0.25) is 0 Å². The van der Waals surface area contributed by atoms with Crippen LogP contribution in [0.3, 0.4) is 0 Å². The van der Waals surface area contributed by atoms with Crippen LogP contribution in [-0.4, -0.2) is 18.5 Å². The molecule has 0 aliphatic heterocycles. The molecule has 0 spiro atoms. The SMILES string of the molecule is COC1(C(C)=O)CCC(C)(C)CC1. The summed E-state index contributed by atoms with van der Waals surface area (Å²) in [6, 6.07) is 0. The average molecular weight is 184 g/mol. The van der Waals surface area contributed by atoms with Gasteiger partial charge in [0.05, 0.1) is 0 Å². The lowest BCUT2D eigenvalue weighted by molar-refractivity contribution is -0.145. The van der Waals surface area contributed by atoms with Gasteiger partial charge in [-0.15, -0.1) is 0 Å². The van der Waals surface area contributed by atoms with Crippen molar-refractivity contribution in [2.75, 3.05) is 7.11 Å². The van der Waals surface area contributed by atoms with Crippen molar-refractivity contribution in [3.63, 3.8) is 0 Å². The molecule has 0 amide bonds. The fourth-order valence-electron chi connectivity index (χ4n) is 2.03. The number of hydrogen-bond acceptors (Lipinski definition) is 2. The van der Waals surface area contributed by atoms with Gasteiger partial charge < -0.3 is 4.74 Å². The minimum atomic E-state index is -0.463. The molecule has 0 heterocycles. The van der Waals surface area contributed by atoms with Gasteiger partial charge in [-0.3, -0.25) is 4.79 Å². The second kappa shape index (κ2) is 3.41. The predicted octanol–water partition coefficient (Wildman–Crippen LogP) is 2.56. The maximum Gasteiger partial charge on any atom is 0.161 e. The Balaban J connectivity index is 2.69. The van der Waals surface area contributed by atoms with E-state index in [0.29, 0.717) is 5.41 Å². The molecule has 0 aromatic heterocycles. The lowest BCUT2D eigenvalue weighted by atomic mass is 9.70. The van der Waals surface area contributed by atoms with Gasteiger partial charge in [-0.25, -0.2) is 0 Å². The van der Waals surface area contributed by atoms with Gasteiger partial charge >= 0.3 is 0 Å². The van der Waals surface area contributed by atoms with E-state index in [1.807, 2.05) is 0 Å². The fraction of sp³-hybridized carbons (Fsp3) is 0.909. The van der Waals surface area contributed by atoms with E-state index < -0.39 is 5.60 Å². The minimum absolute atomic E-state index is 0.186. The van der Waals surface area contributed by atoms with E-state index in [1.54, 1.807) is 14.0 Å². The molecule has 0 saturated heterocycles. The van der Waals surface area contributed by atoms with Crippen LogP contribution < -0.4 is 0 Å². The quantitative estimate of drug-likeness (QED) is 0.659. The van der Waals surface area contributed by atoms with Gasteiger partial charge in [0.1, 0.15) is 5.60 Å². The molecule has 76 valence electrons. The van der Waals surface area contributed by atoms with E-state index in [9.17, 15) is 4.79 Å². The van der Waals surface area contributed by atoms with Gasteiger partial charge in [0.2, 0.25) is 0 Å². The molecule has 2 heteroatoms. The molecule has 1 aliphatic rings. The highest BCUT2D eigenvalue weighted by Crippen LogP contribution is 2.42. The summed E-state index contributed by atoms with van der Waals surface area (Å²) in [6.07, 6.45) is 3.93. The fourth-order valence-corrected chi connectivity index (χ4v) is 2.03. The van der Waals surface area contributed by atoms with E-state index in [2.05, 4.69) is 13.8 Å². The van der Waals surface area contributed by atoms with Crippen LogP contribution in [0.1, 0.15) is 46.5 Å². The second-order valence-electron chi connectivity index (χ2n) is 4.92. The number of rotatable bonds is 2. The smallest absolute Gasteiger partial charge is 0.161 e. The van der Waals surface area contributed by atoms with Crippen molar-refractivity contribution in [3.05, 3.63) is 0 Å². The van der Waals surface area contributed by atoms with Crippen LogP contribution in [0.4, 0.5) is 0 Å². The minimum Gasteiger partial charge on any atom is -0.370 e. The highest BCUT2D eigenvalue weighted by molar-refractivity contribution is 5.85. The Kier molecular flexibility index (Phi) is 2.81. The van der Waals surface area contributed by atoms with Crippen molar-refractivity contribution < 1.29 is 9.53 Å². The van der Waals surface area contributed by atoms with Crippen LogP contribution in [0, 0.1) is 5.41 Å². The number of carbonyl (C=O) groups excluding carboxylic acids is 1. The Hall–Kier alpha value is -0.370. The third-order valence-corrected chi connectivity index (χ3v) is 3.44. The second-order valence-corrected chi connectivity index (χ2v) is 4.92. The van der Waals surface area contributed by atoms with E-state index in [1.165, 1.54) is 0 Å².